The Kier molecular flexibility index (Phi) is 6.59. The molecule has 2 aromatic rings. The van der Waals surface area contributed by atoms with E-state index < -0.39 is 89.0 Å². The van der Waals surface area contributed by atoms with Gasteiger partial charge in [0.1, 0.15) is 35.1 Å². The molecular weight excluding hydrogens is 568 g/mol. The Labute approximate surface area is 255 Å². The van der Waals surface area contributed by atoms with Crippen LogP contribution in [0.15, 0.2) is 72.8 Å². The third-order valence-corrected chi connectivity index (χ3v) is 11.4. The van der Waals surface area contributed by atoms with Gasteiger partial charge >= 0.3 is 11.9 Å². The van der Waals surface area contributed by atoms with Crippen LogP contribution in [-0.4, -0.2) is 84.9 Å². The Balaban J connectivity index is 1.45. The highest BCUT2D eigenvalue weighted by atomic mass is 16.9. The van der Waals surface area contributed by atoms with Crippen molar-refractivity contribution in [3.63, 3.8) is 0 Å². The first-order valence-electron chi connectivity index (χ1n) is 15.3. The maximum absolute atomic E-state index is 13.4. The number of esters is 1. The smallest absolute Gasteiger partial charge is 0.338 e. The van der Waals surface area contributed by atoms with Crippen molar-refractivity contribution in [3.8, 4) is 0 Å². The maximum Gasteiger partial charge on any atom is 0.338 e. The van der Waals surface area contributed by atoms with Gasteiger partial charge in [-0.05, 0) is 49.3 Å². The molecule has 10 heteroatoms. The van der Waals surface area contributed by atoms with Crippen molar-refractivity contribution in [2.75, 3.05) is 6.61 Å². The Morgan fingerprint density at radius 2 is 1.66 bits per heavy atom. The van der Waals surface area contributed by atoms with Gasteiger partial charge in [0.15, 0.2) is 0 Å². The fourth-order valence-corrected chi connectivity index (χ4v) is 9.37. The highest BCUT2D eigenvalue weighted by Crippen LogP contribution is 2.72. The lowest BCUT2D eigenvalue weighted by atomic mass is 9.53. The topological polar surface area (TPSA) is 155 Å². The van der Waals surface area contributed by atoms with Crippen LogP contribution in [0, 0.1) is 23.7 Å². The Bertz CT molecular complexity index is 1470. The number of carbonyl (C=O) groups excluding carboxylic acids is 1. The lowest BCUT2D eigenvalue weighted by Crippen LogP contribution is -2.73. The molecule has 3 saturated carbocycles. The van der Waals surface area contributed by atoms with Gasteiger partial charge in [-0.25, -0.2) is 4.79 Å². The molecule has 0 spiro atoms. The van der Waals surface area contributed by atoms with Crippen molar-refractivity contribution < 1.29 is 49.3 Å². The molecule has 2 aromatic carbocycles. The molecule has 3 bridgehead atoms. The summed E-state index contributed by atoms with van der Waals surface area (Å²) in [6.07, 6.45) is -5.71. The summed E-state index contributed by atoms with van der Waals surface area (Å²) in [5.74, 6) is -5.54. The van der Waals surface area contributed by atoms with Gasteiger partial charge in [0, 0.05) is 17.4 Å². The van der Waals surface area contributed by atoms with E-state index in [-0.39, 0.29) is 12.0 Å². The lowest BCUT2D eigenvalue weighted by Gasteiger charge is -2.60. The first-order chi connectivity index (χ1) is 20.8. The van der Waals surface area contributed by atoms with E-state index in [1.807, 2.05) is 32.0 Å². The third-order valence-electron chi connectivity index (χ3n) is 11.4. The fourth-order valence-electron chi connectivity index (χ4n) is 9.37. The van der Waals surface area contributed by atoms with Crippen molar-refractivity contribution in [2.45, 2.75) is 86.4 Å². The van der Waals surface area contributed by atoms with Gasteiger partial charge in [-0.3, -0.25) is 0 Å². The van der Waals surface area contributed by atoms with E-state index in [0.717, 1.165) is 0 Å². The van der Waals surface area contributed by atoms with Crippen LogP contribution >= 0.6 is 0 Å². The van der Waals surface area contributed by atoms with Crippen molar-refractivity contribution in [1.29, 1.82) is 0 Å². The minimum atomic E-state index is -2.65. The van der Waals surface area contributed by atoms with Crippen LogP contribution < -0.4 is 0 Å². The van der Waals surface area contributed by atoms with Crippen molar-refractivity contribution in [1.82, 2.24) is 0 Å². The highest BCUT2D eigenvalue weighted by Gasteiger charge is 2.85. The molecule has 44 heavy (non-hydrogen) atoms. The molecular formula is C34H40O10. The molecule has 2 aliphatic heterocycles. The second-order valence-corrected chi connectivity index (χ2v) is 13.7. The number of hydrogen-bond acceptors (Lipinski definition) is 10. The number of aliphatic hydroxyl groups is 5. The van der Waals surface area contributed by atoms with Gasteiger partial charge in [0.2, 0.25) is 0 Å². The van der Waals surface area contributed by atoms with Crippen LogP contribution in [0.25, 0.3) is 0 Å². The van der Waals surface area contributed by atoms with Crippen LogP contribution in [0.3, 0.4) is 0 Å². The normalized spacial score (nSPS) is 48.7. The zero-order valence-corrected chi connectivity index (χ0v) is 25.0. The van der Waals surface area contributed by atoms with Gasteiger partial charge in [-0.15, -0.1) is 0 Å². The average Bonchev–Trinajstić information content (AvgIpc) is 3.40. The summed E-state index contributed by atoms with van der Waals surface area (Å²) in [7, 11) is 0. The summed E-state index contributed by atoms with van der Waals surface area (Å²) < 4.78 is 26.5. The molecule has 0 amide bonds. The predicted molar refractivity (Wildman–Crippen MR) is 155 cm³/mol. The van der Waals surface area contributed by atoms with E-state index in [1.54, 1.807) is 49.4 Å². The minimum Gasteiger partial charge on any atom is -0.455 e. The summed E-state index contributed by atoms with van der Waals surface area (Å²) in [4.78, 5) is 13.4. The minimum absolute atomic E-state index is 0.201. The number of ether oxygens (including phenoxy) is 4. The quantitative estimate of drug-likeness (QED) is 0.252. The Hall–Kier alpha value is -2.67. The second-order valence-electron chi connectivity index (χ2n) is 13.7. The molecule has 13 atom stereocenters. The summed E-state index contributed by atoms with van der Waals surface area (Å²) in [5.41, 5.74) is -6.22. The number of fused-ring (bicyclic) bond motifs is 2. The SMILES string of the molecule is C=C(C)[C@]12C[C@@H](C)[C@@]34OC(c5ccccc5)(O[C@@H]1[C@@H]3[C@H](O)[C@](O)(CO)[C@@H](O)[C@@]1(O)[C@H]4C[C@H](C)[C@@H]1OC(=O)c1ccccc1)O2. The molecule has 1 unspecified atom stereocenters. The molecule has 10 nitrogen and oxygen atoms in total. The standard InChI is InChI=1S/C34H40O10/c1-18(2)31-16-20(4)33-23-15-19(3)26(41-28(37)21-11-7-5-8-12-21)32(23,40)29(38)30(39,17-35)25(36)24(33)27(31)42-34(43-31,44-33)22-13-9-6-10-14-22/h5-14,19-20,23-27,29,35-36,38-40H,1,15-17H2,2-4H3/t19-,20+,23+,24-,25-,26-,27+,29+,30+,31+,32+,33-,34?/m0/s1. The second kappa shape index (κ2) is 9.67. The van der Waals surface area contributed by atoms with Crippen LogP contribution in [0.5, 0.6) is 0 Å². The molecule has 7 rings (SSSR count). The lowest BCUT2D eigenvalue weighted by molar-refractivity contribution is -0.446. The van der Waals surface area contributed by atoms with Crippen LogP contribution in [0.1, 0.15) is 49.5 Å². The van der Waals surface area contributed by atoms with E-state index in [4.69, 9.17) is 18.9 Å². The van der Waals surface area contributed by atoms with Gasteiger partial charge < -0.3 is 44.5 Å². The van der Waals surface area contributed by atoms with Crippen LogP contribution in [-0.2, 0) is 24.9 Å². The summed E-state index contributed by atoms with van der Waals surface area (Å²) >= 11 is 0. The molecule has 0 radical (unpaired) electrons. The number of benzene rings is 2. The molecule has 236 valence electrons. The number of rotatable bonds is 5. The highest BCUT2D eigenvalue weighted by molar-refractivity contribution is 5.89. The molecule has 2 heterocycles. The van der Waals surface area contributed by atoms with Crippen molar-refractivity contribution >= 4 is 5.97 Å². The van der Waals surface area contributed by atoms with Crippen LogP contribution in [0.2, 0.25) is 0 Å². The largest absolute Gasteiger partial charge is 0.455 e. The maximum atomic E-state index is 13.4. The van der Waals surface area contributed by atoms with Crippen molar-refractivity contribution in [2.24, 2.45) is 23.7 Å². The van der Waals surface area contributed by atoms with E-state index in [0.29, 0.717) is 17.6 Å². The summed E-state index contributed by atoms with van der Waals surface area (Å²) in [6, 6.07) is 17.4. The number of hydrogen-bond donors (Lipinski definition) is 5. The molecule has 3 aliphatic carbocycles. The van der Waals surface area contributed by atoms with Crippen molar-refractivity contribution in [3.05, 3.63) is 83.9 Å². The van der Waals surface area contributed by atoms with Crippen LogP contribution in [0.4, 0.5) is 0 Å². The average molecular weight is 609 g/mol. The number of carbonyl (C=O) groups is 1. The van der Waals surface area contributed by atoms with E-state index in [2.05, 4.69) is 6.58 Å². The predicted octanol–water partition coefficient (Wildman–Crippen LogP) is 2.02. The zero-order chi connectivity index (χ0) is 31.4. The first kappa shape index (κ1) is 30.0. The van der Waals surface area contributed by atoms with E-state index in [1.165, 1.54) is 0 Å². The fraction of sp³-hybridized carbons (Fsp3) is 0.559. The third kappa shape index (κ3) is 3.51. The van der Waals surface area contributed by atoms with Gasteiger partial charge in [0.05, 0.1) is 23.9 Å². The molecule has 5 N–H and O–H groups in total. The Morgan fingerprint density at radius 1 is 1.02 bits per heavy atom. The number of aliphatic hydroxyl groups excluding tert-OH is 3. The molecule has 2 saturated heterocycles. The summed E-state index contributed by atoms with van der Waals surface area (Å²) in [5, 5.41) is 59.7. The van der Waals surface area contributed by atoms with Gasteiger partial charge in [-0.2, -0.15) is 0 Å². The van der Waals surface area contributed by atoms with E-state index >= 15 is 0 Å². The summed E-state index contributed by atoms with van der Waals surface area (Å²) in [6.45, 7) is 8.67. The van der Waals surface area contributed by atoms with Gasteiger partial charge in [-0.1, -0.05) is 69.0 Å². The Morgan fingerprint density at radius 3 is 2.27 bits per heavy atom. The molecule has 5 aliphatic rings. The van der Waals surface area contributed by atoms with Gasteiger partial charge in [0.25, 0.3) is 0 Å². The molecule has 0 aromatic heterocycles. The van der Waals surface area contributed by atoms with E-state index in [9.17, 15) is 30.3 Å². The first-order valence-corrected chi connectivity index (χ1v) is 15.3. The monoisotopic (exact) mass is 608 g/mol. The molecule has 5 fully saturated rings. The zero-order valence-electron chi connectivity index (χ0n) is 25.0.